The molecule has 3 atom stereocenters. The molecule has 1 fully saturated rings. The largest absolute Gasteiger partial charge is 0.444 e. The van der Waals surface area contributed by atoms with E-state index in [0.717, 1.165) is 13.0 Å². The standard InChI is InChI=1S/C13H26N2O2/c1-6-10-8-15(7-9(2)11(10)14)12(16)17-13(3,4)5/h9-11H,6-8,14H2,1-5H3. The van der Waals surface area contributed by atoms with Crippen LogP contribution in [0.4, 0.5) is 4.79 Å². The van der Waals surface area contributed by atoms with Crippen molar-refractivity contribution in [1.82, 2.24) is 4.90 Å². The van der Waals surface area contributed by atoms with Crippen molar-refractivity contribution in [3.63, 3.8) is 0 Å². The molecular weight excluding hydrogens is 216 g/mol. The molecule has 0 radical (unpaired) electrons. The fraction of sp³-hybridized carbons (Fsp3) is 0.923. The highest BCUT2D eigenvalue weighted by molar-refractivity contribution is 5.68. The molecule has 17 heavy (non-hydrogen) atoms. The van der Waals surface area contributed by atoms with Crippen LogP contribution >= 0.6 is 0 Å². The molecule has 0 aliphatic carbocycles. The van der Waals surface area contributed by atoms with Gasteiger partial charge in [-0.3, -0.25) is 0 Å². The number of rotatable bonds is 1. The minimum absolute atomic E-state index is 0.193. The van der Waals surface area contributed by atoms with Gasteiger partial charge in [0.2, 0.25) is 0 Å². The zero-order valence-electron chi connectivity index (χ0n) is 11.7. The van der Waals surface area contributed by atoms with Gasteiger partial charge in [-0.05, 0) is 32.6 Å². The van der Waals surface area contributed by atoms with Gasteiger partial charge < -0.3 is 15.4 Å². The van der Waals surface area contributed by atoms with Crippen molar-refractivity contribution in [3.05, 3.63) is 0 Å². The lowest BCUT2D eigenvalue weighted by Crippen LogP contribution is -2.54. The van der Waals surface area contributed by atoms with Crippen LogP contribution in [0.2, 0.25) is 0 Å². The van der Waals surface area contributed by atoms with Crippen molar-refractivity contribution in [3.8, 4) is 0 Å². The van der Waals surface area contributed by atoms with Gasteiger partial charge in [0, 0.05) is 19.1 Å². The average molecular weight is 242 g/mol. The molecule has 0 bridgehead atoms. The quantitative estimate of drug-likeness (QED) is 0.767. The number of hydrogen-bond acceptors (Lipinski definition) is 3. The van der Waals surface area contributed by atoms with E-state index >= 15 is 0 Å². The first-order valence-electron chi connectivity index (χ1n) is 6.48. The summed E-state index contributed by atoms with van der Waals surface area (Å²) in [6.45, 7) is 11.3. The first kappa shape index (κ1) is 14.3. The number of likely N-dealkylation sites (tertiary alicyclic amines) is 1. The van der Waals surface area contributed by atoms with E-state index in [1.807, 2.05) is 20.8 Å². The van der Waals surface area contributed by atoms with E-state index in [4.69, 9.17) is 10.5 Å². The summed E-state index contributed by atoms with van der Waals surface area (Å²) in [5, 5.41) is 0. The highest BCUT2D eigenvalue weighted by atomic mass is 16.6. The number of carbonyl (C=O) groups excluding carboxylic acids is 1. The summed E-state index contributed by atoms with van der Waals surface area (Å²) in [6.07, 6.45) is 0.792. The predicted octanol–water partition coefficient (Wildman–Crippen LogP) is 2.23. The van der Waals surface area contributed by atoms with Gasteiger partial charge in [0.25, 0.3) is 0 Å². The second-order valence-electron chi connectivity index (χ2n) is 6.11. The molecule has 100 valence electrons. The Morgan fingerprint density at radius 1 is 1.41 bits per heavy atom. The minimum Gasteiger partial charge on any atom is -0.444 e. The highest BCUT2D eigenvalue weighted by Gasteiger charge is 2.34. The van der Waals surface area contributed by atoms with Gasteiger partial charge in [-0.2, -0.15) is 0 Å². The van der Waals surface area contributed by atoms with Crippen molar-refractivity contribution in [2.24, 2.45) is 17.6 Å². The van der Waals surface area contributed by atoms with E-state index in [1.165, 1.54) is 0 Å². The summed E-state index contributed by atoms with van der Waals surface area (Å²) >= 11 is 0. The Morgan fingerprint density at radius 3 is 2.47 bits per heavy atom. The normalized spacial score (nSPS) is 30.2. The Kier molecular flexibility index (Phi) is 4.42. The number of amides is 1. The smallest absolute Gasteiger partial charge is 0.410 e. The van der Waals surface area contributed by atoms with Crippen molar-refractivity contribution in [2.45, 2.75) is 52.7 Å². The van der Waals surface area contributed by atoms with Gasteiger partial charge in [0.1, 0.15) is 5.60 Å². The third-order valence-corrected chi connectivity index (χ3v) is 3.34. The molecule has 2 N–H and O–H groups in total. The van der Waals surface area contributed by atoms with Crippen LogP contribution in [0.5, 0.6) is 0 Å². The summed E-state index contributed by atoms with van der Waals surface area (Å²) in [6, 6.07) is 0.193. The third kappa shape index (κ3) is 3.87. The van der Waals surface area contributed by atoms with Gasteiger partial charge in [-0.25, -0.2) is 4.79 Å². The topological polar surface area (TPSA) is 55.6 Å². The van der Waals surface area contributed by atoms with Crippen molar-refractivity contribution < 1.29 is 9.53 Å². The van der Waals surface area contributed by atoms with E-state index in [0.29, 0.717) is 18.4 Å². The Bertz CT molecular complexity index is 273. The van der Waals surface area contributed by atoms with Crippen molar-refractivity contribution in [1.29, 1.82) is 0 Å². The molecule has 0 aromatic carbocycles. The van der Waals surface area contributed by atoms with Gasteiger partial charge in [0.15, 0.2) is 0 Å². The van der Waals surface area contributed by atoms with Crippen LogP contribution < -0.4 is 5.73 Å². The molecule has 1 rings (SSSR count). The fourth-order valence-corrected chi connectivity index (χ4v) is 2.29. The summed E-state index contributed by atoms with van der Waals surface area (Å²) in [7, 11) is 0. The number of nitrogens with zero attached hydrogens (tertiary/aromatic N) is 1. The van der Waals surface area contributed by atoms with Crippen LogP contribution in [0.3, 0.4) is 0 Å². The molecule has 1 aliphatic rings. The Labute approximate surface area is 104 Å². The zero-order chi connectivity index (χ0) is 13.2. The van der Waals surface area contributed by atoms with Crippen LogP contribution in [0.25, 0.3) is 0 Å². The summed E-state index contributed by atoms with van der Waals surface area (Å²) in [4.78, 5) is 13.8. The molecule has 1 saturated heterocycles. The monoisotopic (exact) mass is 242 g/mol. The van der Waals surface area contributed by atoms with Gasteiger partial charge in [-0.15, -0.1) is 0 Å². The number of hydrogen-bond donors (Lipinski definition) is 1. The van der Waals surface area contributed by atoms with Crippen molar-refractivity contribution in [2.75, 3.05) is 13.1 Å². The molecule has 1 amide bonds. The number of piperidine rings is 1. The lowest BCUT2D eigenvalue weighted by Gasteiger charge is -2.41. The van der Waals surface area contributed by atoms with Gasteiger partial charge >= 0.3 is 6.09 Å². The second kappa shape index (κ2) is 5.25. The van der Waals surface area contributed by atoms with Crippen LogP contribution in [0.15, 0.2) is 0 Å². The molecule has 0 aromatic heterocycles. The summed E-state index contributed by atoms with van der Waals surface area (Å²) < 4.78 is 5.40. The van der Waals surface area contributed by atoms with Gasteiger partial charge in [-0.1, -0.05) is 20.3 Å². The summed E-state index contributed by atoms with van der Waals surface area (Å²) in [5.74, 6) is 0.715. The Morgan fingerprint density at radius 2 is 2.00 bits per heavy atom. The molecule has 0 spiro atoms. The van der Waals surface area contributed by atoms with E-state index in [1.54, 1.807) is 4.90 Å². The molecular formula is C13H26N2O2. The molecule has 0 aromatic rings. The molecule has 4 heteroatoms. The van der Waals surface area contributed by atoms with E-state index < -0.39 is 5.60 Å². The van der Waals surface area contributed by atoms with E-state index in [9.17, 15) is 4.79 Å². The molecule has 1 heterocycles. The first-order valence-corrected chi connectivity index (χ1v) is 6.48. The summed E-state index contributed by atoms with van der Waals surface area (Å²) in [5.41, 5.74) is 5.71. The fourth-order valence-electron chi connectivity index (χ4n) is 2.29. The van der Waals surface area contributed by atoms with Crippen LogP contribution in [-0.4, -0.2) is 35.7 Å². The molecule has 0 saturated carbocycles. The lowest BCUT2D eigenvalue weighted by atomic mass is 9.84. The first-order chi connectivity index (χ1) is 7.74. The minimum atomic E-state index is -0.429. The van der Waals surface area contributed by atoms with Crippen LogP contribution in [-0.2, 0) is 4.74 Å². The maximum absolute atomic E-state index is 12.0. The maximum atomic E-state index is 12.0. The van der Waals surface area contributed by atoms with E-state index in [-0.39, 0.29) is 12.1 Å². The zero-order valence-corrected chi connectivity index (χ0v) is 11.7. The van der Waals surface area contributed by atoms with Crippen LogP contribution in [0.1, 0.15) is 41.0 Å². The Balaban J connectivity index is 2.63. The highest BCUT2D eigenvalue weighted by Crippen LogP contribution is 2.24. The molecule has 3 unspecified atom stereocenters. The Hall–Kier alpha value is -0.770. The molecule has 1 aliphatic heterocycles. The SMILES string of the molecule is CCC1CN(C(=O)OC(C)(C)C)CC(C)C1N. The van der Waals surface area contributed by atoms with E-state index in [2.05, 4.69) is 13.8 Å². The van der Waals surface area contributed by atoms with Crippen molar-refractivity contribution >= 4 is 6.09 Å². The average Bonchev–Trinajstić information content (AvgIpc) is 2.19. The molecule has 4 nitrogen and oxygen atoms in total. The number of nitrogens with two attached hydrogens (primary N) is 1. The number of carbonyl (C=O) groups is 1. The maximum Gasteiger partial charge on any atom is 0.410 e. The third-order valence-electron chi connectivity index (χ3n) is 3.34. The lowest BCUT2D eigenvalue weighted by molar-refractivity contribution is 0.00749. The second-order valence-corrected chi connectivity index (χ2v) is 6.11. The number of ether oxygens (including phenoxy) is 1. The van der Waals surface area contributed by atoms with Gasteiger partial charge in [0.05, 0.1) is 0 Å². The van der Waals surface area contributed by atoms with Crippen LogP contribution in [0, 0.1) is 11.8 Å². The predicted molar refractivity (Wildman–Crippen MR) is 68.7 cm³/mol.